The van der Waals surface area contributed by atoms with E-state index in [1.807, 2.05) is 0 Å². The van der Waals surface area contributed by atoms with E-state index in [1.165, 1.54) is 12.1 Å². The summed E-state index contributed by atoms with van der Waals surface area (Å²) in [4.78, 5) is -0.434. The number of nitrogen functional groups attached to an aromatic ring is 2. The zero-order chi connectivity index (χ0) is 13.6. The van der Waals surface area contributed by atoms with E-state index < -0.39 is 15.0 Å². The molecule has 17 heavy (non-hydrogen) atoms. The van der Waals surface area contributed by atoms with Crippen molar-refractivity contribution in [2.75, 3.05) is 18.0 Å². The van der Waals surface area contributed by atoms with Crippen molar-refractivity contribution in [1.82, 2.24) is 0 Å². The van der Waals surface area contributed by atoms with Gasteiger partial charge < -0.3 is 21.8 Å². The van der Waals surface area contributed by atoms with E-state index >= 15 is 0 Å². The van der Waals surface area contributed by atoms with E-state index in [9.17, 15) is 13.0 Å². The summed E-state index contributed by atoms with van der Waals surface area (Å²) in [6, 6.07) is 3.62. The van der Waals surface area contributed by atoms with Gasteiger partial charge >= 0.3 is 0 Å². The van der Waals surface area contributed by atoms with Gasteiger partial charge in [0.1, 0.15) is 10.1 Å². The Balaban J connectivity index is 0.000000437. The van der Waals surface area contributed by atoms with E-state index in [4.69, 9.17) is 11.5 Å². The normalized spacial score (nSPS) is 10.9. The lowest BCUT2D eigenvalue weighted by molar-refractivity contribution is -0.376. The predicted molar refractivity (Wildman–Crippen MR) is 65.8 cm³/mol. The Morgan fingerprint density at radius 1 is 1.35 bits per heavy atom. The highest BCUT2D eigenvalue weighted by atomic mass is 32.2. The molecule has 0 heterocycles. The van der Waals surface area contributed by atoms with Crippen molar-refractivity contribution in [3.05, 3.63) is 18.2 Å². The first-order valence-corrected chi connectivity index (χ1v) is 6.49. The average Bonchev–Trinajstić information content (AvgIpc) is 2.16. The zero-order valence-corrected chi connectivity index (χ0v) is 10.8. The van der Waals surface area contributed by atoms with Gasteiger partial charge in [0.15, 0.2) is 0 Å². The van der Waals surface area contributed by atoms with Gasteiger partial charge in [-0.05, 0) is 18.2 Å². The molecule has 0 unspecified atom stereocenters. The van der Waals surface area contributed by atoms with E-state index in [1.54, 1.807) is 0 Å². The molecule has 0 aliphatic carbocycles. The predicted octanol–water partition coefficient (Wildman–Crippen LogP) is -0.361. The summed E-state index contributed by atoms with van der Waals surface area (Å²) in [6.07, 6.45) is 0. The maximum absolute atomic E-state index is 10.5. The molecule has 0 amide bonds. The SMILES string of the molecule is CC(C)C[NH3+].Nc1ccc(S(=O)(=O)[O-])c(N)c1. The molecule has 1 aromatic rings. The Bertz CT molecular complexity index is 458. The third kappa shape index (κ3) is 6.10. The number of nitrogens with two attached hydrogens (primary N) is 2. The van der Waals surface area contributed by atoms with Crippen molar-refractivity contribution in [2.45, 2.75) is 18.7 Å². The number of benzene rings is 1. The number of hydrogen-bond donors (Lipinski definition) is 3. The van der Waals surface area contributed by atoms with Crippen LogP contribution < -0.4 is 17.2 Å². The van der Waals surface area contributed by atoms with Crippen LogP contribution in [-0.2, 0) is 10.1 Å². The first-order valence-electron chi connectivity index (χ1n) is 5.08. The summed E-state index contributed by atoms with van der Waals surface area (Å²) < 4.78 is 31.5. The molecule has 0 aromatic heterocycles. The summed E-state index contributed by atoms with van der Waals surface area (Å²) in [6.45, 7) is 5.38. The van der Waals surface area contributed by atoms with Crippen LogP contribution in [0.5, 0.6) is 0 Å². The highest BCUT2D eigenvalue weighted by molar-refractivity contribution is 7.86. The first kappa shape index (κ1) is 15.7. The topological polar surface area (TPSA) is 137 Å². The Kier molecular flexibility index (Phi) is 5.94. The van der Waals surface area contributed by atoms with Crippen molar-refractivity contribution < 1.29 is 18.7 Å². The van der Waals surface area contributed by atoms with E-state index in [0.29, 0.717) is 5.69 Å². The average molecular weight is 261 g/mol. The third-order valence-electron chi connectivity index (χ3n) is 1.88. The fourth-order valence-electron chi connectivity index (χ4n) is 0.795. The van der Waals surface area contributed by atoms with Crippen LogP contribution in [0.1, 0.15) is 13.8 Å². The quantitative estimate of drug-likeness (QED) is 0.493. The standard InChI is InChI=1S/C6H8N2O3S.C4H11N/c7-4-1-2-6(5(8)3-4)12(9,10)11;1-4(2)3-5/h1-3H,7-8H2,(H,9,10,11);4H,3,5H2,1-2H3. The molecule has 7 N–H and O–H groups in total. The molecule has 7 heteroatoms. The molecule has 0 spiro atoms. The van der Waals surface area contributed by atoms with Gasteiger partial charge in [-0.2, -0.15) is 0 Å². The lowest BCUT2D eigenvalue weighted by Crippen LogP contribution is -2.52. The smallest absolute Gasteiger partial charge is 0.126 e. The maximum Gasteiger partial charge on any atom is 0.126 e. The molecule has 98 valence electrons. The van der Waals surface area contributed by atoms with Crippen LogP contribution >= 0.6 is 0 Å². The van der Waals surface area contributed by atoms with Gasteiger partial charge in [0.05, 0.1) is 17.1 Å². The number of rotatable bonds is 2. The summed E-state index contributed by atoms with van der Waals surface area (Å²) in [5.74, 6) is 0.773. The van der Waals surface area contributed by atoms with E-state index in [0.717, 1.165) is 18.5 Å². The van der Waals surface area contributed by atoms with Crippen molar-refractivity contribution in [1.29, 1.82) is 0 Å². The van der Waals surface area contributed by atoms with Gasteiger partial charge in [0.25, 0.3) is 0 Å². The summed E-state index contributed by atoms with van der Waals surface area (Å²) in [5, 5.41) is 0. The Labute approximate surface area is 102 Å². The lowest BCUT2D eigenvalue weighted by atomic mass is 10.2. The van der Waals surface area contributed by atoms with E-state index in [2.05, 4.69) is 19.6 Å². The van der Waals surface area contributed by atoms with Crippen molar-refractivity contribution in [2.24, 2.45) is 5.92 Å². The lowest BCUT2D eigenvalue weighted by Gasteiger charge is -2.09. The molecular weight excluding hydrogens is 242 g/mol. The van der Waals surface area contributed by atoms with Crippen molar-refractivity contribution in [3.8, 4) is 0 Å². The molecule has 0 aliphatic heterocycles. The van der Waals surface area contributed by atoms with Crippen LogP contribution in [0, 0.1) is 5.92 Å². The number of anilines is 2. The van der Waals surface area contributed by atoms with Gasteiger partial charge in [0, 0.05) is 11.6 Å². The van der Waals surface area contributed by atoms with E-state index in [-0.39, 0.29) is 5.69 Å². The Morgan fingerprint density at radius 3 is 2.12 bits per heavy atom. The maximum atomic E-state index is 10.5. The van der Waals surface area contributed by atoms with Crippen LogP contribution in [0.25, 0.3) is 0 Å². The van der Waals surface area contributed by atoms with Crippen LogP contribution in [-0.4, -0.2) is 19.5 Å². The summed E-state index contributed by atoms with van der Waals surface area (Å²) >= 11 is 0. The largest absolute Gasteiger partial charge is 0.744 e. The van der Waals surface area contributed by atoms with Crippen molar-refractivity contribution in [3.63, 3.8) is 0 Å². The van der Waals surface area contributed by atoms with Gasteiger partial charge in [-0.1, -0.05) is 13.8 Å². The van der Waals surface area contributed by atoms with Crippen molar-refractivity contribution >= 4 is 21.5 Å². The number of hydrogen-bond acceptors (Lipinski definition) is 5. The fourth-order valence-corrected chi connectivity index (χ4v) is 1.38. The minimum atomic E-state index is -4.48. The highest BCUT2D eigenvalue weighted by Gasteiger charge is 2.05. The molecule has 0 saturated carbocycles. The van der Waals surface area contributed by atoms with Gasteiger partial charge in [-0.3, -0.25) is 0 Å². The molecule has 0 radical (unpaired) electrons. The van der Waals surface area contributed by atoms with Gasteiger partial charge in [0.2, 0.25) is 0 Å². The Morgan fingerprint density at radius 2 is 1.82 bits per heavy atom. The van der Waals surface area contributed by atoms with Crippen LogP contribution in [0.3, 0.4) is 0 Å². The fraction of sp³-hybridized carbons (Fsp3) is 0.400. The number of quaternary nitrogens is 1. The van der Waals surface area contributed by atoms with Gasteiger partial charge in [-0.25, -0.2) is 8.42 Å². The molecular formula is C10H19N3O3S. The monoisotopic (exact) mass is 261 g/mol. The first-order chi connectivity index (χ1) is 7.68. The second kappa shape index (κ2) is 6.43. The Hall–Kier alpha value is -1.31. The molecule has 1 rings (SSSR count). The van der Waals surface area contributed by atoms with Crippen LogP contribution in [0.2, 0.25) is 0 Å². The molecule has 0 fully saturated rings. The molecule has 0 saturated heterocycles. The molecule has 0 atom stereocenters. The third-order valence-corrected chi connectivity index (χ3v) is 2.79. The molecule has 1 aromatic carbocycles. The molecule has 0 bridgehead atoms. The van der Waals surface area contributed by atoms with Gasteiger partial charge in [-0.15, -0.1) is 0 Å². The minimum Gasteiger partial charge on any atom is -0.744 e. The second-order valence-electron chi connectivity index (χ2n) is 3.93. The second-order valence-corrected chi connectivity index (χ2v) is 5.28. The zero-order valence-electron chi connectivity index (χ0n) is 10.0. The van der Waals surface area contributed by atoms with Crippen LogP contribution in [0.15, 0.2) is 23.1 Å². The molecule has 6 nitrogen and oxygen atoms in total. The summed E-state index contributed by atoms with van der Waals surface area (Å²) in [7, 11) is -4.48. The summed E-state index contributed by atoms with van der Waals surface area (Å²) in [5.41, 5.74) is 14.4. The molecule has 0 aliphatic rings. The van der Waals surface area contributed by atoms with Crippen LogP contribution in [0.4, 0.5) is 11.4 Å². The minimum absolute atomic E-state index is 0.120. The highest BCUT2D eigenvalue weighted by Crippen LogP contribution is 2.19.